The second-order valence-corrected chi connectivity index (χ2v) is 5.67. The Balaban J connectivity index is 1.65. The molecular formula is C14H19NO4. The number of hydrogen-bond acceptors (Lipinski definition) is 3. The number of rotatable bonds is 4. The lowest BCUT2D eigenvalue weighted by Crippen LogP contribution is -2.48. The summed E-state index contributed by atoms with van der Waals surface area (Å²) >= 11 is 0. The molecule has 1 atom stereocenters. The van der Waals surface area contributed by atoms with Crippen molar-refractivity contribution >= 4 is 11.9 Å². The molecule has 0 aromatic carbocycles. The zero-order valence-corrected chi connectivity index (χ0v) is 10.9. The van der Waals surface area contributed by atoms with E-state index in [0.29, 0.717) is 25.0 Å². The number of amides is 1. The molecule has 1 N–H and O–H groups in total. The van der Waals surface area contributed by atoms with Gasteiger partial charge in [0.25, 0.3) is 0 Å². The van der Waals surface area contributed by atoms with Crippen molar-refractivity contribution in [3.63, 3.8) is 0 Å². The molecule has 3 rings (SSSR count). The summed E-state index contributed by atoms with van der Waals surface area (Å²) in [4.78, 5) is 24.7. The molecule has 5 heteroatoms. The fourth-order valence-corrected chi connectivity index (χ4v) is 2.64. The van der Waals surface area contributed by atoms with Gasteiger partial charge in [0.05, 0.1) is 13.2 Å². The van der Waals surface area contributed by atoms with Gasteiger partial charge in [-0.15, -0.1) is 0 Å². The van der Waals surface area contributed by atoms with Crippen molar-refractivity contribution in [1.29, 1.82) is 0 Å². The van der Waals surface area contributed by atoms with Gasteiger partial charge < -0.3 is 14.7 Å². The molecule has 0 radical (unpaired) electrons. The third-order valence-electron chi connectivity index (χ3n) is 4.04. The van der Waals surface area contributed by atoms with Crippen molar-refractivity contribution in [1.82, 2.24) is 4.90 Å². The van der Waals surface area contributed by atoms with E-state index in [1.807, 2.05) is 0 Å². The first kappa shape index (κ1) is 12.7. The number of morpholine rings is 1. The number of carboxylic acids is 1. The number of allylic oxidation sites excluding steroid dienone is 1. The lowest BCUT2D eigenvalue weighted by atomic mass is 10.1. The number of carbonyl (C=O) groups excluding carboxylic acids is 1. The van der Waals surface area contributed by atoms with E-state index in [-0.39, 0.29) is 12.5 Å². The largest absolute Gasteiger partial charge is 0.479 e. The zero-order chi connectivity index (χ0) is 13.4. The van der Waals surface area contributed by atoms with Crippen molar-refractivity contribution < 1.29 is 19.4 Å². The van der Waals surface area contributed by atoms with Crippen LogP contribution in [0.15, 0.2) is 11.6 Å². The first-order valence-corrected chi connectivity index (χ1v) is 7.00. The van der Waals surface area contributed by atoms with Crippen LogP contribution in [-0.2, 0) is 14.3 Å². The van der Waals surface area contributed by atoms with Crippen molar-refractivity contribution in [3.8, 4) is 0 Å². The van der Waals surface area contributed by atoms with Crippen LogP contribution < -0.4 is 0 Å². The number of nitrogens with zero attached hydrogens (tertiary/aromatic N) is 1. The molecule has 5 nitrogen and oxygen atoms in total. The van der Waals surface area contributed by atoms with Gasteiger partial charge in [0, 0.05) is 12.6 Å². The molecule has 0 aromatic rings. The molecule has 0 spiro atoms. The summed E-state index contributed by atoms with van der Waals surface area (Å²) in [5, 5.41) is 8.94. The summed E-state index contributed by atoms with van der Waals surface area (Å²) in [6.07, 6.45) is 5.72. The summed E-state index contributed by atoms with van der Waals surface area (Å²) < 4.78 is 5.13. The average Bonchev–Trinajstić information content (AvgIpc) is 3.29. The Morgan fingerprint density at radius 3 is 2.32 bits per heavy atom. The molecule has 2 saturated carbocycles. The Kier molecular flexibility index (Phi) is 3.31. The number of carbonyl (C=O) groups is 2. The van der Waals surface area contributed by atoms with E-state index in [1.54, 1.807) is 11.0 Å². The minimum Gasteiger partial charge on any atom is -0.479 e. The Morgan fingerprint density at radius 1 is 1.16 bits per heavy atom. The van der Waals surface area contributed by atoms with Crippen LogP contribution in [0.1, 0.15) is 25.7 Å². The Morgan fingerprint density at radius 2 is 1.79 bits per heavy atom. The van der Waals surface area contributed by atoms with Crippen LogP contribution >= 0.6 is 0 Å². The van der Waals surface area contributed by atoms with E-state index in [0.717, 1.165) is 0 Å². The van der Waals surface area contributed by atoms with Crippen LogP contribution in [0.25, 0.3) is 0 Å². The van der Waals surface area contributed by atoms with Gasteiger partial charge in [0.2, 0.25) is 5.91 Å². The maximum atomic E-state index is 12.2. The summed E-state index contributed by atoms with van der Waals surface area (Å²) in [5.74, 6) is 0.204. The number of hydrogen-bond donors (Lipinski definition) is 1. The molecule has 0 bridgehead atoms. The standard InChI is InChI=1S/C14H19NO4/c16-13(7-11(9-1-2-9)10-3-4-10)15-5-6-19-12(8-15)14(17)18/h7,9-10,12H,1-6,8H2,(H,17,18)/t12-/m0/s1. The molecule has 1 heterocycles. The minimum atomic E-state index is -0.994. The van der Waals surface area contributed by atoms with Crippen molar-refractivity contribution in [2.45, 2.75) is 31.8 Å². The van der Waals surface area contributed by atoms with Gasteiger partial charge in [-0.3, -0.25) is 4.79 Å². The monoisotopic (exact) mass is 265 g/mol. The van der Waals surface area contributed by atoms with Gasteiger partial charge in [-0.2, -0.15) is 0 Å². The second-order valence-electron chi connectivity index (χ2n) is 5.67. The summed E-state index contributed by atoms with van der Waals surface area (Å²) in [6, 6.07) is 0. The SMILES string of the molecule is O=C(O)[C@@H]1CN(C(=O)C=C(C2CC2)C2CC2)CCO1. The fraction of sp³-hybridized carbons (Fsp3) is 0.714. The number of ether oxygens (including phenoxy) is 1. The Hall–Kier alpha value is -1.36. The topological polar surface area (TPSA) is 66.8 Å². The summed E-state index contributed by atoms with van der Waals surface area (Å²) in [6.45, 7) is 0.952. The van der Waals surface area contributed by atoms with Gasteiger partial charge in [-0.05, 0) is 37.5 Å². The Bertz CT molecular complexity index is 409. The van der Waals surface area contributed by atoms with Gasteiger partial charge in [-0.1, -0.05) is 5.57 Å². The molecule has 0 unspecified atom stereocenters. The molecule has 3 fully saturated rings. The average molecular weight is 265 g/mol. The summed E-state index contributed by atoms with van der Waals surface area (Å²) in [5.41, 5.74) is 1.31. The van der Waals surface area contributed by atoms with E-state index in [2.05, 4.69) is 0 Å². The van der Waals surface area contributed by atoms with Crippen LogP contribution in [0.5, 0.6) is 0 Å². The predicted octanol–water partition coefficient (Wildman–Crippen LogP) is 1.04. The lowest BCUT2D eigenvalue weighted by molar-refractivity contribution is -0.158. The highest BCUT2D eigenvalue weighted by atomic mass is 16.5. The minimum absolute atomic E-state index is 0.0386. The van der Waals surface area contributed by atoms with Crippen LogP contribution in [0, 0.1) is 11.8 Å². The van der Waals surface area contributed by atoms with Gasteiger partial charge in [-0.25, -0.2) is 4.79 Å². The highest BCUT2D eigenvalue weighted by molar-refractivity contribution is 5.89. The van der Waals surface area contributed by atoms with Crippen LogP contribution in [0.2, 0.25) is 0 Å². The second kappa shape index (κ2) is 4.96. The molecule has 0 aromatic heterocycles. The third-order valence-corrected chi connectivity index (χ3v) is 4.04. The Labute approximate surface area is 112 Å². The zero-order valence-electron chi connectivity index (χ0n) is 10.9. The normalized spacial score (nSPS) is 26.9. The van der Waals surface area contributed by atoms with E-state index in [1.165, 1.54) is 31.3 Å². The molecule has 1 amide bonds. The lowest BCUT2D eigenvalue weighted by Gasteiger charge is -2.30. The summed E-state index contributed by atoms with van der Waals surface area (Å²) in [7, 11) is 0. The third kappa shape index (κ3) is 2.97. The first-order valence-electron chi connectivity index (χ1n) is 7.00. The van der Waals surface area contributed by atoms with Gasteiger partial charge >= 0.3 is 5.97 Å². The van der Waals surface area contributed by atoms with Crippen molar-refractivity contribution in [3.05, 3.63) is 11.6 Å². The number of aliphatic carboxylic acids is 1. The van der Waals surface area contributed by atoms with Crippen LogP contribution in [0.4, 0.5) is 0 Å². The molecule has 3 aliphatic rings. The van der Waals surface area contributed by atoms with Crippen molar-refractivity contribution in [2.24, 2.45) is 11.8 Å². The molecule has 1 saturated heterocycles. The predicted molar refractivity (Wildman–Crippen MR) is 67.5 cm³/mol. The van der Waals surface area contributed by atoms with E-state index in [4.69, 9.17) is 9.84 Å². The fourth-order valence-electron chi connectivity index (χ4n) is 2.64. The quantitative estimate of drug-likeness (QED) is 0.771. The molecule has 104 valence electrons. The van der Waals surface area contributed by atoms with Crippen molar-refractivity contribution in [2.75, 3.05) is 19.7 Å². The van der Waals surface area contributed by atoms with Gasteiger partial charge in [0.1, 0.15) is 0 Å². The molecule has 1 aliphatic heterocycles. The molecular weight excluding hydrogens is 246 g/mol. The van der Waals surface area contributed by atoms with E-state index >= 15 is 0 Å². The number of carboxylic acid groups (broad SMARTS) is 1. The van der Waals surface area contributed by atoms with E-state index < -0.39 is 12.1 Å². The van der Waals surface area contributed by atoms with Gasteiger partial charge in [0.15, 0.2) is 6.10 Å². The highest BCUT2D eigenvalue weighted by Gasteiger charge is 2.37. The molecule has 19 heavy (non-hydrogen) atoms. The van der Waals surface area contributed by atoms with E-state index in [9.17, 15) is 9.59 Å². The molecule has 2 aliphatic carbocycles. The van der Waals surface area contributed by atoms with Crippen LogP contribution in [0.3, 0.4) is 0 Å². The maximum absolute atomic E-state index is 12.2. The first-order chi connectivity index (χ1) is 9.15. The highest BCUT2D eigenvalue weighted by Crippen LogP contribution is 2.48. The maximum Gasteiger partial charge on any atom is 0.334 e. The van der Waals surface area contributed by atoms with Crippen LogP contribution in [-0.4, -0.2) is 47.7 Å². The smallest absolute Gasteiger partial charge is 0.334 e.